The van der Waals surface area contributed by atoms with Crippen LogP contribution in [0.15, 0.2) is 36.4 Å². The second kappa shape index (κ2) is 17.1. The fourth-order valence-electron chi connectivity index (χ4n) is 6.88. The molecule has 15 heteroatoms. The number of hydrogen-bond acceptors (Lipinski definition) is 8. The summed E-state index contributed by atoms with van der Waals surface area (Å²) in [5.41, 5.74) is -3.79. The lowest BCUT2D eigenvalue weighted by molar-refractivity contribution is -0.171. The Morgan fingerprint density at radius 1 is 0.842 bits per heavy atom. The van der Waals surface area contributed by atoms with E-state index >= 15 is 4.39 Å². The first-order chi connectivity index (χ1) is 26.1. The molecule has 11 nitrogen and oxygen atoms in total. The van der Waals surface area contributed by atoms with Crippen LogP contribution in [0.5, 0.6) is 5.75 Å². The molecule has 0 radical (unpaired) electrons. The molecule has 1 aliphatic heterocycles. The van der Waals surface area contributed by atoms with Crippen LogP contribution in [0.3, 0.4) is 0 Å². The van der Waals surface area contributed by atoms with Crippen LogP contribution in [-0.4, -0.2) is 77.6 Å². The van der Waals surface area contributed by atoms with Crippen molar-refractivity contribution in [3.63, 3.8) is 0 Å². The van der Waals surface area contributed by atoms with Gasteiger partial charge in [0, 0.05) is 31.1 Å². The lowest BCUT2D eigenvalue weighted by Gasteiger charge is -2.42. The smallest absolute Gasteiger partial charge is 0.471 e. The fourth-order valence-corrected chi connectivity index (χ4v) is 6.88. The summed E-state index contributed by atoms with van der Waals surface area (Å²) < 4.78 is 82.9. The van der Waals surface area contributed by atoms with Crippen LogP contribution in [0.4, 0.5) is 38.5 Å². The van der Waals surface area contributed by atoms with Crippen molar-refractivity contribution in [2.75, 3.05) is 29.4 Å². The molecule has 0 unspecified atom stereocenters. The number of esters is 1. The number of ether oxygens (including phenoxy) is 4. The highest BCUT2D eigenvalue weighted by Crippen LogP contribution is 2.46. The highest BCUT2D eigenvalue weighted by molar-refractivity contribution is 6.03. The second-order valence-corrected chi connectivity index (χ2v) is 18.2. The van der Waals surface area contributed by atoms with Crippen molar-refractivity contribution in [2.45, 2.75) is 131 Å². The standard InChI is InChI=1S/C42H57F4N3O8/c1-25(2)28-17-27(18-28)21-47(37(52)56-40(6,7)8)22-29-19-30-31(49(29)38(53)57-41(9,10)11)20-32(54-24-26-15-13-12-14-16-26)35(34(30)43)48(36(51)42(44,45)46)23-33(50)55-39(3,4)5/h12-16,20,25,27-29H,17-19,21-24H2,1-11H3/t27?,28?,29-/m1/s1. The number of halogens is 4. The van der Waals surface area contributed by atoms with Gasteiger partial charge in [-0.1, -0.05) is 44.2 Å². The summed E-state index contributed by atoms with van der Waals surface area (Å²) in [4.78, 5) is 56.6. The maximum Gasteiger partial charge on any atom is 0.471 e. The van der Waals surface area contributed by atoms with E-state index in [9.17, 15) is 32.3 Å². The quantitative estimate of drug-likeness (QED) is 0.125. The molecular weight excluding hydrogens is 750 g/mol. The van der Waals surface area contributed by atoms with Crippen molar-refractivity contribution in [3.05, 3.63) is 53.3 Å². The van der Waals surface area contributed by atoms with Crippen molar-refractivity contribution in [1.29, 1.82) is 0 Å². The van der Waals surface area contributed by atoms with E-state index in [2.05, 4.69) is 13.8 Å². The fraction of sp³-hybridized carbons (Fsp3) is 0.619. The number of hydrogen-bond donors (Lipinski definition) is 0. The summed E-state index contributed by atoms with van der Waals surface area (Å²) in [6.07, 6.45) is -5.65. The topological polar surface area (TPSA) is 115 Å². The van der Waals surface area contributed by atoms with E-state index in [4.69, 9.17) is 18.9 Å². The van der Waals surface area contributed by atoms with Gasteiger partial charge in [-0.15, -0.1) is 0 Å². The molecule has 1 fully saturated rings. The molecule has 1 aliphatic carbocycles. The predicted octanol–water partition coefficient (Wildman–Crippen LogP) is 9.23. The molecule has 0 bridgehead atoms. The highest BCUT2D eigenvalue weighted by atomic mass is 19.4. The number of amides is 3. The van der Waals surface area contributed by atoms with Gasteiger partial charge < -0.3 is 23.8 Å². The number of fused-ring (bicyclic) bond motifs is 1. The van der Waals surface area contributed by atoms with E-state index < -0.39 is 76.9 Å². The Bertz CT molecular complexity index is 1770. The predicted molar refractivity (Wildman–Crippen MR) is 206 cm³/mol. The van der Waals surface area contributed by atoms with Gasteiger partial charge in [0.25, 0.3) is 0 Å². The van der Waals surface area contributed by atoms with Crippen molar-refractivity contribution in [2.24, 2.45) is 17.8 Å². The summed E-state index contributed by atoms with van der Waals surface area (Å²) in [6, 6.07) is 8.65. The van der Waals surface area contributed by atoms with Gasteiger partial charge >= 0.3 is 30.2 Å². The average molecular weight is 808 g/mol. The van der Waals surface area contributed by atoms with E-state index in [0.717, 1.165) is 12.8 Å². The van der Waals surface area contributed by atoms with Crippen LogP contribution in [0.2, 0.25) is 0 Å². The SMILES string of the molecule is CC(C)C1CC(CN(C[C@H]2Cc3c(cc(OCc4ccccc4)c(N(CC(=O)OC(C)(C)C)C(=O)C(F)(F)F)c3F)N2C(=O)OC(C)(C)C)C(=O)OC(C)(C)C)C1. The van der Waals surface area contributed by atoms with Crippen LogP contribution in [0, 0.1) is 23.6 Å². The maximum absolute atomic E-state index is 17.3. The van der Waals surface area contributed by atoms with E-state index in [-0.39, 0.29) is 48.2 Å². The first-order valence-electron chi connectivity index (χ1n) is 19.3. The minimum absolute atomic E-state index is 0.0378. The van der Waals surface area contributed by atoms with Crippen LogP contribution >= 0.6 is 0 Å². The van der Waals surface area contributed by atoms with E-state index in [1.54, 1.807) is 71.9 Å². The monoisotopic (exact) mass is 807 g/mol. The summed E-state index contributed by atoms with van der Waals surface area (Å²) >= 11 is 0. The second-order valence-electron chi connectivity index (χ2n) is 18.2. The van der Waals surface area contributed by atoms with Gasteiger partial charge in [0.2, 0.25) is 0 Å². The lowest BCUT2D eigenvalue weighted by Crippen LogP contribution is -2.51. The molecule has 1 atom stereocenters. The Morgan fingerprint density at radius 2 is 1.42 bits per heavy atom. The lowest BCUT2D eigenvalue weighted by atomic mass is 9.69. The summed E-state index contributed by atoms with van der Waals surface area (Å²) in [5, 5.41) is 0. The molecule has 0 N–H and O–H groups in total. The number of nitrogens with zero attached hydrogens (tertiary/aromatic N) is 3. The molecule has 0 spiro atoms. The maximum atomic E-state index is 17.3. The number of anilines is 2. The molecule has 2 aliphatic rings. The number of benzene rings is 2. The molecule has 316 valence electrons. The largest absolute Gasteiger partial charge is 0.487 e. The van der Waals surface area contributed by atoms with E-state index in [1.165, 1.54) is 36.6 Å². The van der Waals surface area contributed by atoms with Crippen LogP contribution < -0.4 is 14.5 Å². The number of alkyl halides is 3. The Morgan fingerprint density at radius 3 is 1.95 bits per heavy atom. The molecule has 4 rings (SSSR count). The van der Waals surface area contributed by atoms with Gasteiger partial charge in [0.15, 0.2) is 5.82 Å². The van der Waals surface area contributed by atoms with Crippen LogP contribution in [0.1, 0.15) is 100 Å². The molecule has 1 saturated carbocycles. The highest BCUT2D eigenvalue weighted by Gasteiger charge is 2.48. The summed E-state index contributed by atoms with van der Waals surface area (Å²) in [7, 11) is 0. The third-order valence-corrected chi connectivity index (χ3v) is 9.42. The normalized spacial score (nSPS) is 18.4. The Labute approximate surface area is 332 Å². The van der Waals surface area contributed by atoms with Crippen molar-refractivity contribution >= 4 is 35.4 Å². The Hall–Kier alpha value is -4.56. The first kappa shape index (κ1) is 45.1. The first-order valence-corrected chi connectivity index (χ1v) is 19.3. The van der Waals surface area contributed by atoms with Gasteiger partial charge in [0.05, 0.1) is 11.7 Å². The van der Waals surface area contributed by atoms with Gasteiger partial charge in [-0.05, 0) is 98.5 Å². The molecule has 1 heterocycles. The van der Waals surface area contributed by atoms with Crippen molar-refractivity contribution in [1.82, 2.24) is 4.90 Å². The van der Waals surface area contributed by atoms with Crippen molar-refractivity contribution < 1.29 is 55.7 Å². The van der Waals surface area contributed by atoms with Gasteiger partial charge in [-0.25, -0.2) is 14.0 Å². The number of carbonyl (C=O) groups is 4. The molecule has 0 aromatic heterocycles. The Kier molecular flexibility index (Phi) is 13.6. The molecule has 57 heavy (non-hydrogen) atoms. The average Bonchev–Trinajstić information content (AvgIpc) is 3.39. The summed E-state index contributed by atoms with van der Waals surface area (Å²) in [5.74, 6) is -4.57. The van der Waals surface area contributed by atoms with Crippen LogP contribution in [0.25, 0.3) is 0 Å². The number of carbonyl (C=O) groups excluding carboxylic acids is 4. The van der Waals surface area contributed by atoms with Gasteiger partial charge in [-0.2, -0.15) is 13.2 Å². The minimum Gasteiger partial charge on any atom is -0.487 e. The van der Waals surface area contributed by atoms with Crippen LogP contribution in [-0.2, 0) is 36.8 Å². The van der Waals surface area contributed by atoms with Gasteiger partial charge in [0.1, 0.15) is 41.4 Å². The zero-order chi connectivity index (χ0) is 42.8. The Balaban J connectivity index is 1.88. The van der Waals surface area contributed by atoms with E-state index in [1.807, 2.05) is 0 Å². The third-order valence-electron chi connectivity index (χ3n) is 9.42. The molecule has 0 saturated heterocycles. The minimum atomic E-state index is -5.54. The molecular formula is C42H57F4N3O8. The van der Waals surface area contributed by atoms with Gasteiger partial charge in [-0.3, -0.25) is 19.4 Å². The zero-order valence-corrected chi connectivity index (χ0v) is 34.8. The molecule has 2 aromatic rings. The molecule has 2 aromatic carbocycles. The third kappa shape index (κ3) is 12.2. The zero-order valence-electron chi connectivity index (χ0n) is 34.8. The molecule has 3 amide bonds. The van der Waals surface area contributed by atoms with Crippen molar-refractivity contribution in [3.8, 4) is 5.75 Å². The van der Waals surface area contributed by atoms with E-state index in [0.29, 0.717) is 17.4 Å². The summed E-state index contributed by atoms with van der Waals surface area (Å²) in [6.45, 7) is 17.4. The number of rotatable bonds is 11.